The molecule has 1 aliphatic carbocycles. The summed E-state index contributed by atoms with van der Waals surface area (Å²) in [7, 11) is 1.66. The molecule has 0 radical (unpaired) electrons. The Balaban J connectivity index is 1.58. The minimum atomic E-state index is -0.0487. The van der Waals surface area contributed by atoms with Gasteiger partial charge < -0.3 is 14.2 Å². The molecule has 1 spiro atoms. The lowest BCUT2D eigenvalue weighted by Gasteiger charge is -2.09. The molecule has 3 nitrogen and oxygen atoms in total. The van der Waals surface area contributed by atoms with E-state index in [1.807, 2.05) is 24.3 Å². The summed E-state index contributed by atoms with van der Waals surface area (Å²) in [5.41, 5.74) is 0.131. The summed E-state index contributed by atoms with van der Waals surface area (Å²) in [6.45, 7) is 2.77. The standard InChI is InChI=1S/C13H16O3/c1-12(13(16-12)7-8-13)9-15-11-5-3-10(14-2)4-6-11/h3-6H,7-9H2,1-2H3. The van der Waals surface area contributed by atoms with Crippen molar-refractivity contribution < 1.29 is 14.2 Å². The summed E-state index contributed by atoms with van der Waals surface area (Å²) >= 11 is 0. The Bertz CT molecular complexity index is 394. The normalized spacial score (nSPS) is 28.9. The van der Waals surface area contributed by atoms with Crippen LogP contribution in [0.5, 0.6) is 11.5 Å². The largest absolute Gasteiger partial charge is 0.497 e. The Morgan fingerprint density at radius 3 is 2.31 bits per heavy atom. The maximum atomic E-state index is 5.73. The van der Waals surface area contributed by atoms with Crippen molar-refractivity contribution in [3.05, 3.63) is 24.3 Å². The fraction of sp³-hybridized carbons (Fsp3) is 0.538. The highest BCUT2D eigenvalue weighted by Crippen LogP contribution is 2.64. The maximum Gasteiger partial charge on any atom is 0.129 e. The molecule has 86 valence electrons. The molecule has 1 heterocycles. The van der Waals surface area contributed by atoms with Gasteiger partial charge in [0.1, 0.15) is 29.3 Å². The quantitative estimate of drug-likeness (QED) is 0.730. The monoisotopic (exact) mass is 220 g/mol. The molecule has 16 heavy (non-hydrogen) atoms. The second-order valence-electron chi connectivity index (χ2n) is 4.79. The van der Waals surface area contributed by atoms with Gasteiger partial charge in [-0.15, -0.1) is 0 Å². The van der Waals surface area contributed by atoms with E-state index in [-0.39, 0.29) is 11.2 Å². The average Bonchev–Trinajstić information content (AvgIpc) is 3.19. The second kappa shape index (κ2) is 3.14. The van der Waals surface area contributed by atoms with Crippen molar-refractivity contribution in [3.63, 3.8) is 0 Å². The van der Waals surface area contributed by atoms with Crippen LogP contribution in [0.3, 0.4) is 0 Å². The molecule has 2 fully saturated rings. The van der Waals surface area contributed by atoms with E-state index in [1.165, 1.54) is 12.8 Å². The number of hydrogen-bond acceptors (Lipinski definition) is 3. The molecule has 0 N–H and O–H groups in total. The van der Waals surface area contributed by atoms with Gasteiger partial charge in [0.05, 0.1) is 7.11 Å². The van der Waals surface area contributed by atoms with E-state index in [1.54, 1.807) is 7.11 Å². The lowest BCUT2D eigenvalue weighted by Crippen LogP contribution is -2.21. The maximum absolute atomic E-state index is 5.73. The molecule has 0 amide bonds. The van der Waals surface area contributed by atoms with E-state index in [0.717, 1.165) is 11.5 Å². The molecule has 3 rings (SSSR count). The van der Waals surface area contributed by atoms with Gasteiger partial charge in [-0.2, -0.15) is 0 Å². The lowest BCUT2D eigenvalue weighted by molar-refractivity contribution is 0.201. The van der Waals surface area contributed by atoms with Gasteiger partial charge in [-0.1, -0.05) is 0 Å². The first kappa shape index (κ1) is 9.97. The molecule has 1 atom stereocenters. The van der Waals surface area contributed by atoms with E-state index in [0.29, 0.717) is 6.61 Å². The third kappa shape index (κ3) is 1.47. The second-order valence-corrected chi connectivity index (χ2v) is 4.79. The molecular formula is C13H16O3. The number of epoxide rings is 1. The zero-order chi connectivity index (χ0) is 11.2. The molecule has 0 aromatic heterocycles. The van der Waals surface area contributed by atoms with Crippen molar-refractivity contribution >= 4 is 0 Å². The zero-order valence-electron chi connectivity index (χ0n) is 9.66. The van der Waals surface area contributed by atoms with Gasteiger partial charge in [-0.3, -0.25) is 0 Å². The summed E-state index contributed by atoms with van der Waals surface area (Å²) < 4.78 is 16.5. The summed E-state index contributed by atoms with van der Waals surface area (Å²) in [4.78, 5) is 0. The molecule has 1 saturated carbocycles. The van der Waals surface area contributed by atoms with Crippen LogP contribution in [0.25, 0.3) is 0 Å². The Morgan fingerprint density at radius 1 is 1.19 bits per heavy atom. The molecule has 1 saturated heterocycles. The van der Waals surface area contributed by atoms with Gasteiger partial charge in [0.2, 0.25) is 0 Å². The van der Waals surface area contributed by atoms with E-state index < -0.39 is 0 Å². The number of hydrogen-bond donors (Lipinski definition) is 0. The first-order chi connectivity index (χ1) is 7.67. The molecule has 2 aliphatic rings. The molecule has 1 aliphatic heterocycles. The smallest absolute Gasteiger partial charge is 0.129 e. The van der Waals surface area contributed by atoms with Crippen LogP contribution < -0.4 is 9.47 Å². The van der Waals surface area contributed by atoms with Gasteiger partial charge >= 0.3 is 0 Å². The highest BCUT2D eigenvalue weighted by Gasteiger charge is 2.74. The third-order valence-electron chi connectivity index (χ3n) is 3.62. The van der Waals surface area contributed by atoms with Crippen LogP contribution in [-0.4, -0.2) is 24.9 Å². The number of ether oxygens (including phenoxy) is 3. The number of rotatable bonds is 4. The van der Waals surface area contributed by atoms with Crippen molar-refractivity contribution in [2.45, 2.75) is 31.0 Å². The average molecular weight is 220 g/mol. The molecule has 1 aromatic carbocycles. The van der Waals surface area contributed by atoms with Crippen LogP contribution in [-0.2, 0) is 4.74 Å². The Hall–Kier alpha value is -1.22. The summed E-state index contributed by atoms with van der Waals surface area (Å²) in [5, 5.41) is 0. The van der Waals surface area contributed by atoms with E-state index in [2.05, 4.69) is 6.92 Å². The van der Waals surface area contributed by atoms with Crippen LogP contribution in [0.2, 0.25) is 0 Å². The molecular weight excluding hydrogens is 204 g/mol. The topological polar surface area (TPSA) is 31.0 Å². The lowest BCUT2D eigenvalue weighted by atomic mass is 10.1. The van der Waals surface area contributed by atoms with E-state index >= 15 is 0 Å². The van der Waals surface area contributed by atoms with Crippen LogP contribution in [0, 0.1) is 0 Å². The highest BCUT2D eigenvalue weighted by molar-refractivity contribution is 5.32. The summed E-state index contributed by atoms with van der Waals surface area (Å²) in [6, 6.07) is 7.64. The minimum absolute atomic E-state index is 0.0487. The molecule has 1 unspecified atom stereocenters. The van der Waals surface area contributed by atoms with Crippen LogP contribution in [0.15, 0.2) is 24.3 Å². The molecule has 0 bridgehead atoms. The minimum Gasteiger partial charge on any atom is -0.497 e. The fourth-order valence-corrected chi connectivity index (χ4v) is 2.20. The van der Waals surface area contributed by atoms with Gasteiger partial charge in [-0.25, -0.2) is 0 Å². The van der Waals surface area contributed by atoms with Crippen LogP contribution >= 0.6 is 0 Å². The van der Waals surface area contributed by atoms with Crippen molar-refractivity contribution in [1.29, 1.82) is 0 Å². The first-order valence-electron chi connectivity index (χ1n) is 5.65. The zero-order valence-corrected chi connectivity index (χ0v) is 9.66. The van der Waals surface area contributed by atoms with Crippen LogP contribution in [0.4, 0.5) is 0 Å². The van der Waals surface area contributed by atoms with Gasteiger partial charge in [-0.05, 0) is 44.0 Å². The van der Waals surface area contributed by atoms with Crippen molar-refractivity contribution in [1.82, 2.24) is 0 Å². The SMILES string of the molecule is COc1ccc(OCC2(C)OC23CC3)cc1. The Labute approximate surface area is 95.3 Å². The fourth-order valence-electron chi connectivity index (χ4n) is 2.20. The van der Waals surface area contributed by atoms with Crippen LogP contribution in [0.1, 0.15) is 19.8 Å². The number of methoxy groups -OCH3 is 1. The highest BCUT2D eigenvalue weighted by atomic mass is 16.7. The van der Waals surface area contributed by atoms with Gasteiger partial charge in [0.15, 0.2) is 0 Å². The third-order valence-corrected chi connectivity index (χ3v) is 3.62. The summed E-state index contributed by atoms with van der Waals surface area (Å²) in [6.07, 6.45) is 2.38. The first-order valence-corrected chi connectivity index (χ1v) is 5.65. The Kier molecular flexibility index (Phi) is 1.96. The predicted molar refractivity (Wildman–Crippen MR) is 59.9 cm³/mol. The molecule has 1 aromatic rings. The van der Waals surface area contributed by atoms with Crippen molar-refractivity contribution in [2.24, 2.45) is 0 Å². The van der Waals surface area contributed by atoms with Gasteiger partial charge in [0.25, 0.3) is 0 Å². The van der Waals surface area contributed by atoms with Crippen molar-refractivity contribution in [2.75, 3.05) is 13.7 Å². The Morgan fingerprint density at radius 2 is 1.81 bits per heavy atom. The number of benzene rings is 1. The summed E-state index contributed by atoms with van der Waals surface area (Å²) in [5.74, 6) is 1.72. The van der Waals surface area contributed by atoms with E-state index in [9.17, 15) is 0 Å². The van der Waals surface area contributed by atoms with E-state index in [4.69, 9.17) is 14.2 Å². The predicted octanol–water partition coefficient (Wildman–Crippen LogP) is 2.40. The molecule has 3 heteroatoms. The van der Waals surface area contributed by atoms with Crippen molar-refractivity contribution in [3.8, 4) is 11.5 Å². The van der Waals surface area contributed by atoms with Gasteiger partial charge in [0, 0.05) is 0 Å².